The highest BCUT2D eigenvalue weighted by Gasteiger charge is 2.11. The van der Waals surface area contributed by atoms with Crippen LogP contribution >= 0.6 is 0 Å². The third-order valence-corrected chi connectivity index (χ3v) is 1.77. The molecule has 0 aromatic heterocycles. The molecule has 100 valence electrons. The van der Waals surface area contributed by atoms with Gasteiger partial charge >= 0.3 is 12.0 Å². The summed E-state index contributed by atoms with van der Waals surface area (Å²) in [7, 11) is 0. The molecule has 0 aliphatic carbocycles. The van der Waals surface area contributed by atoms with Gasteiger partial charge < -0.3 is 20.5 Å². The van der Waals surface area contributed by atoms with Crippen LogP contribution in [0.5, 0.6) is 0 Å². The highest BCUT2D eigenvalue weighted by atomic mass is 19.3. The third kappa shape index (κ3) is 9.49. The summed E-state index contributed by atoms with van der Waals surface area (Å²) in [5, 5.41) is 13.2. The Morgan fingerprint density at radius 2 is 2.00 bits per heavy atom. The maximum Gasteiger partial charge on any atom is 0.314 e. The van der Waals surface area contributed by atoms with Crippen molar-refractivity contribution >= 4 is 12.0 Å². The zero-order chi connectivity index (χ0) is 13.3. The molecule has 17 heavy (non-hydrogen) atoms. The number of aliphatic carboxylic acids is 1. The second-order valence-corrected chi connectivity index (χ2v) is 3.34. The van der Waals surface area contributed by atoms with Crippen LogP contribution in [-0.4, -0.2) is 49.8 Å². The van der Waals surface area contributed by atoms with Crippen molar-refractivity contribution in [2.75, 3.05) is 26.3 Å². The summed E-state index contributed by atoms with van der Waals surface area (Å²) in [6, 6.07) is -0.557. The van der Waals surface area contributed by atoms with E-state index in [2.05, 4.69) is 15.4 Å². The lowest BCUT2D eigenvalue weighted by Crippen LogP contribution is -2.40. The Labute approximate surface area is 97.3 Å². The molecule has 0 aromatic rings. The fraction of sp³-hybridized carbons (Fsp3) is 0.778. The van der Waals surface area contributed by atoms with Crippen LogP contribution in [0.25, 0.3) is 0 Å². The molecule has 8 heteroatoms. The van der Waals surface area contributed by atoms with Crippen molar-refractivity contribution in [1.82, 2.24) is 10.6 Å². The highest BCUT2D eigenvalue weighted by Crippen LogP contribution is 1.92. The summed E-state index contributed by atoms with van der Waals surface area (Å²) in [6.45, 7) is 0.846. The first kappa shape index (κ1) is 15.6. The number of nitrogens with one attached hydrogen (secondary N) is 2. The Balaban J connectivity index is 3.44. The summed E-state index contributed by atoms with van der Waals surface area (Å²) in [5.74, 6) is -1.69. The maximum absolute atomic E-state index is 11.6. The monoisotopic (exact) mass is 254 g/mol. The van der Waals surface area contributed by atoms with Gasteiger partial charge in [-0.05, 0) is 0 Å². The average Bonchev–Trinajstić information content (AvgIpc) is 2.24. The zero-order valence-corrected chi connectivity index (χ0v) is 9.41. The molecule has 0 aliphatic heterocycles. The number of hydrogen-bond acceptors (Lipinski definition) is 3. The number of halogens is 2. The lowest BCUT2D eigenvalue weighted by molar-refractivity contribution is -0.140. The molecule has 0 rings (SSSR count). The van der Waals surface area contributed by atoms with Gasteiger partial charge in [0.15, 0.2) is 0 Å². The van der Waals surface area contributed by atoms with Gasteiger partial charge in [0.2, 0.25) is 0 Å². The molecule has 6 nitrogen and oxygen atoms in total. The van der Waals surface area contributed by atoms with E-state index in [9.17, 15) is 18.4 Å². The normalized spacial score (nSPS) is 12.2. The Hall–Kier alpha value is -1.44. The fourth-order valence-corrected chi connectivity index (χ4v) is 0.805. The average molecular weight is 254 g/mol. The molecule has 0 radical (unpaired) electrons. The van der Waals surface area contributed by atoms with Crippen LogP contribution in [0.4, 0.5) is 13.6 Å². The predicted molar refractivity (Wildman–Crippen MR) is 55.0 cm³/mol. The smallest absolute Gasteiger partial charge is 0.314 e. The Morgan fingerprint density at radius 3 is 2.53 bits per heavy atom. The molecule has 1 atom stereocenters. The van der Waals surface area contributed by atoms with Crippen LogP contribution in [0.2, 0.25) is 0 Å². The van der Waals surface area contributed by atoms with E-state index in [1.54, 1.807) is 0 Å². The van der Waals surface area contributed by atoms with Crippen LogP contribution in [0.1, 0.15) is 6.92 Å². The van der Waals surface area contributed by atoms with Crippen molar-refractivity contribution in [2.24, 2.45) is 5.92 Å². The fourth-order valence-electron chi connectivity index (χ4n) is 0.805. The first-order valence-electron chi connectivity index (χ1n) is 5.04. The number of ether oxygens (including phenoxy) is 1. The van der Waals surface area contributed by atoms with Crippen LogP contribution < -0.4 is 10.6 Å². The number of alkyl halides is 2. The highest BCUT2D eigenvalue weighted by molar-refractivity contribution is 5.75. The number of hydrogen-bond donors (Lipinski definition) is 3. The molecule has 0 aromatic carbocycles. The number of carbonyl (C=O) groups is 2. The van der Waals surface area contributed by atoms with E-state index in [0.29, 0.717) is 0 Å². The summed E-state index contributed by atoms with van der Waals surface area (Å²) in [4.78, 5) is 21.5. The van der Waals surface area contributed by atoms with Gasteiger partial charge in [-0.25, -0.2) is 13.6 Å². The molecular weight excluding hydrogens is 238 g/mol. The Kier molecular flexibility index (Phi) is 7.95. The van der Waals surface area contributed by atoms with Gasteiger partial charge in [0.1, 0.15) is 6.61 Å². The molecular formula is C9H16F2N2O4. The third-order valence-electron chi connectivity index (χ3n) is 1.77. The van der Waals surface area contributed by atoms with Crippen molar-refractivity contribution in [3.05, 3.63) is 0 Å². The first-order chi connectivity index (χ1) is 7.93. The first-order valence-corrected chi connectivity index (χ1v) is 5.04. The molecule has 0 saturated carbocycles. The molecule has 0 aliphatic rings. The van der Waals surface area contributed by atoms with Crippen molar-refractivity contribution in [1.29, 1.82) is 0 Å². The van der Waals surface area contributed by atoms with E-state index in [1.807, 2.05) is 0 Å². The Morgan fingerprint density at radius 1 is 1.35 bits per heavy atom. The van der Waals surface area contributed by atoms with E-state index < -0.39 is 31.0 Å². The molecule has 0 spiro atoms. The van der Waals surface area contributed by atoms with Crippen LogP contribution in [0, 0.1) is 5.92 Å². The number of carboxylic acids is 1. The minimum Gasteiger partial charge on any atom is -0.481 e. The van der Waals surface area contributed by atoms with E-state index in [1.165, 1.54) is 6.92 Å². The van der Waals surface area contributed by atoms with E-state index in [0.717, 1.165) is 0 Å². The quantitative estimate of drug-likeness (QED) is 0.543. The lowest BCUT2D eigenvalue weighted by atomic mass is 10.2. The van der Waals surface area contributed by atoms with Crippen LogP contribution in [0.3, 0.4) is 0 Å². The zero-order valence-electron chi connectivity index (χ0n) is 9.41. The second kappa shape index (κ2) is 8.68. The molecule has 2 amide bonds. The topological polar surface area (TPSA) is 87.7 Å². The van der Waals surface area contributed by atoms with Crippen molar-refractivity contribution < 1.29 is 28.2 Å². The maximum atomic E-state index is 11.6. The molecule has 0 saturated heterocycles. The molecule has 0 heterocycles. The van der Waals surface area contributed by atoms with Gasteiger partial charge in [-0.2, -0.15) is 0 Å². The number of urea groups is 1. The van der Waals surface area contributed by atoms with Gasteiger partial charge in [-0.1, -0.05) is 6.92 Å². The predicted octanol–water partition coefficient (Wildman–Crippen LogP) is 0.288. The lowest BCUT2D eigenvalue weighted by Gasteiger charge is -2.10. The van der Waals surface area contributed by atoms with E-state index in [4.69, 9.17) is 5.11 Å². The number of carboxylic acid groups (broad SMARTS) is 1. The number of amides is 2. The van der Waals surface area contributed by atoms with E-state index in [-0.39, 0.29) is 19.7 Å². The van der Waals surface area contributed by atoms with Gasteiger partial charge in [0.25, 0.3) is 6.43 Å². The van der Waals surface area contributed by atoms with Crippen LogP contribution in [0.15, 0.2) is 0 Å². The number of carbonyl (C=O) groups excluding carboxylic acids is 1. The Bertz CT molecular complexity index is 251. The second-order valence-electron chi connectivity index (χ2n) is 3.34. The van der Waals surface area contributed by atoms with E-state index >= 15 is 0 Å². The summed E-state index contributed by atoms with van der Waals surface area (Å²) in [5.41, 5.74) is 0. The van der Waals surface area contributed by atoms with Gasteiger partial charge in [-0.15, -0.1) is 0 Å². The van der Waals surface area contributed by atoms with Crippen molar-refractivity contribution in [3.63, 3.8) is 0 Å². The van der Waals surface area contributed by atoms with Crippen molar-refractivity contribution in [2.45, 2.75) is 13.3 Å². The summed E-state index contributed by atoms with van der Waals surface area (Å²) in [6.07, 6.45) is -2.53. The number of rotatable bonds is 8. The largest absolute Gasteiger partial charge is 0.481 e. The summed E-state index contributed by atoms with van der Waals surface area (Å²) < 4.78 is 27.8. The van der Waals surface area contributed by atoms with Gasteiger partial charge in [-0.3, -0.25) is 4.79 Å². The summed E-state index contributed by atoms with van der Waals surface area (Å²) >= 11 is 0. The van der Waals surface area contributed by atoms with Crippen LogP contribution in [-0.2, 0) is 9.53 Å². The molecule has 3 N–H and O–H groups in total. The molecule has 1 unspecified atom stereocenters. The van der Waals surface area contributed by atoms with Gasteiger partial charge in [0.05, 0.1) is 12.5 Å². The molecule has 0 fully saturated rings. The minimum atomic E-state index is -2.53. The minimum absolute atomic E-state index is 0.000935. The standard InChI is InChI=1S/C9H16F2N2O4/c1-6(8(14)15)4-13-9(16)12-2-3-17-5-7(10)11/h6-7H,2-5H2,1H3,(H,14,15)(H2,12,13,16). The SMILES string of the molecule is CC(CNC(=O)NCCOCC(F)F)C(=O)O. The van der Waals surface area contributed by atoms with Crippen molar-refractivity contribution in [3.8, 4) is 0 Å². The molecule has 0 bridgehead atoms. The van der Waals surface area contributed by atoms with Gasteiger partial charge in [0, 0.05) is 13.1 Å².